The molecule has 2 aliphatic heterocycles. The number of likely N-dealkylation sites (tertiary alicyclic amines) is 1. The molecule has 2 heterocycles. The van der Waals surface area contributed by atoms with Gasteiger partial charge in [0.05, 0.1) is 16.7 Å². The largest absolute Gasteiger partial charge is 0.461 e. The molecule has 0 N–H and O–H groups in total. The van der Waals surface area contributed by atoms with Crippen LogP contribution in [0, 0.1) is 23.7 Å². The molecule has 4 fully saturated rings. The number of alkyl halides is 1. The molecule has 0 aromatic rings. The van der Waals surface area contributed by atoms with E-state index in [9.17, 15) is 9.59 Å². The summed E-state index contributed by atoms with van der Waals surface area (Å²) < 4.78 is 5.49. The first kappa shape index (κ1) is 13.1. The second-order valence-electron chi connectivity index (χ2n) is 6.84. The van der Waals surface area contributed by atoms with Gasteiger partial charge >= 0.3 is 5.97 Å². The van der Waals surface area contributed by atoms with Gasteiger partial charge in [-0.1, -0.05) is 15.9 Å². The summed E-state index contributed by atoms with van der Waals surface area (Å²) in [7, 11) is 0. The molecule has 2 bridgehead atoms. The minimum absolute atomic E-state index is 0.0142. The van der Waals surface area contributed by atoms with Crippen LogP contribution in [0.4, 0.5) is 0 Å². The summed E-state index contributed by atoms with van der Waals surface area (Å²) in [5.41, 5.74) is 0. The summed E-state index contributed by atoms with van der Waals surface area (Å²) in [5, 5.41) is 0. The monoisotopic (exact) mass is 341 g/mol. The highest BCUT2D eigenvalue weighted by Gasteiger charge is 2.68. The Balaban J connectivity index is 1.62. The molecule has 5 heteroatoms. The Bertz CT molecular complexity index is 468. The van der Waals surface area contributed by atoms with E-state index in [1.54, 1.807) is 0 Å². The van der Waals surface area contributed by atoms with Crippen molar-refractivity contribution in [1.82, 2.24) is 4.90 Å². The molecule has 0 aromatic heterocycles. The van der Waals surface area contributed by atoms with Crippen LogP contribution in [-0.4, -0.2) is 40.3 Å². The average molecular weight is 342 g/mol. The van der Waals surface area contributed by atoms with Crippen molar-refractivity contribution in [2.75, 3.05) is 6.54 Å². The second kappa shape index (κ2) is 4.46. The van der Waals surface area contributed by atoms with Crippen molar-refractivity contribution in [3.8, 4) is 0 Å². The van der Waals surface area contributed by atoms with E-state index >= 15 is 0 Å². The van der Waals surface area contributed by atoms with E-state index in [2.05, 4.69) is 22.9 Å². The molecule has 2 aliphatic carbocycles. The van der Waals surface area contributed by atoms with Crippen molar-refractivity contribution in [2.24, 2.45) is 23.7 Å². The van der Waals surface area contributed by atoms with E-state index < -0.39 is 0 Å². The minimum Gasteiger partial charge on any atom is -0.461 e. The molecule has 4 rings (SSSR count). The van der Waals surface area contributed by atoms with Gasteiger partial charge in [0.25, 0.3) is 0 Å². The first-order chi connectivity index (χ1) is 9.59. The van der Waals surface area contributed by atoms with Crippen molar-refractivity contribution in [3.63, 3.8) is 0 Å². The Hall–Kier alpha value is -0.580. The SMILES string of the molecule is C[C@@H]1CCCCN1C(=O)[C@@H]1[C@H]2C[C@H]3[C@H](OC(=O)[C@H]31)[C@H]2Br. The van der Waals surface area contributed by atoms with E-state index in [4.69, 9.17) is 4.74 Å². The number of halogens is 1. The summed E-state index contributed by atoms with van der Waals surface area (Å²) in [6.45, 7) is 2.98. The van der Waals surface area contributed by atoms with Crippen LogP contribution in [0.3, 0.4) is 0 Å². The molecule has 110 valence electrons. The number of hydrogen-bond acceptors (Lipinski definition) is 3. The summed E-state index contributed by atoms with van der Waals surface area (Å²) in [4.78, 5) is 27.3. The first-order valence-electron chi connectivity index (χ1n) is 7.74. The molecule has 1 amide bonds. The van der Waals surface area contributed by atoms with E-state index in [1.807, 2.05) is 4.90 Å². The molecule has 2 saturated carbocycles. The number of fused-ring (bicyclic) bond motifs is 1. The number of ether oxygens (including phenoxy) is 1. The number of carbonyl (C=O) groups excluding carboxylic acids is 2. The van der Waals surface area contributed by atoms with Crippen molar-refractivity contribution in [2.45, 2.75) is 49.6 Å². The summed E-state index contributed by atoms with van der Waals surface area (Å²) >= 11 is 3.68. The van der Waals surface area contributed by atoms with Crippen molar-refractivity contribution in [1.29, 1.82) is 0 Å². The number of amides is 1. The predicted octanol–water partition coefficient (Wildman–Crippen LogP) is 1.96. The van der Waals surface area contributed by atoms with E-state index in [1.165, 1.54) is 6.42 Å². The number of piperidine rings is 1. The van der Waals surface area contributed by atoms with Gasteiger partial charge in [-0.3, -0.25) is 9.59 Å². The maximum absolute atomic E-state index is 13.0. The highest BCUT2D eigenvalue weighted by atomic mass is 79.9. The standard InChI is InChI=1S/C15H20BrNO3/c1-7-4-2-3-5-17(7)14(18)10-8-6-9-11(10)15(19)20-13(9)12(8)16/h7-13H,2-6H2,1H3/t7-,8-,9-,10-,11-,12+,13+/m1/s1. The fourth-order valence-corrected chi connectivity index (χ4v) is 5.97. The van der Waals surface area contributed by atoms with Crippen molar-refractivity contribution >= 4 is 27.8 Å². The maximum atomic E-state index is 13.0. The fraction of sp³-hybridized carbons (Fsp3) is 0.867. The number of carbonyl (C=O) groups is 2. The maximum Gasteiger partial charge on any atom is 0.310 e. The Morgan fingerprint density at radius 3 is 2.90 bits per heavy atom. The normalized spacial score (nSPS) is 49.6. The smallest absolute Gasteiger partial charge is 0.310 e. The van der Waals surface area contributed by atoms with Gasteiger partial charge in [0.15, 0.2) is 0 Å². The zero-order valence-corrected chi connectivity index (χ0v) is 13.2. The molecular weight excluding hydrogens is 322 g/mol. The highest BCUT2D eigenvalue weighted by Crippen LogP contribution is 2.60. The molecule has 2 saturated heterocycles. The average Bonchev–Trinajstić information content (AvgIpc) is 3.02. The Labute approximate surface area is 127 Å². The van der Waals surface area contributed by atoms with Gasteiger partial charge in [0.2, 0.25) is 5.91 Å². The first-order valence-corrected chi connectivity index (χ1v) is 8.66. The lowest BCUT2D eigenvalue weighted by molar-refractivity contribution is -0.149. The Morgan fingerprint density at radius 1 is 1.35 bits per heavy atom. The zero-order valence-electron chi connectivity index (χ0n) is 11.6. The number of esters is 1. The second-order valence-corrected chi connectivity index (χ2v) is 7.89. The third-order valence-corrected chi connectivity index (χ3v) is 7.09. The Kier molecular flexibility index (Phi) is 2.92. The van der Waals surface area contributed by atoms with Crippen LogP contribution >= 0.6 is 15.9 Å². The van der Waals surface area contributed by atoms with Crippen LogP contribution < -0.4 is 0 Å². The van der Waals surface area contributed by atoms with Gasteiger partial charge in [-0.15, -0.1) is 0 Å². The summed E-state index contributed by atoms with van der Waals surface area (Å²) in [5.74, 6) is 0.314. The van der Waals surface area contributed by atoms with Crippen LogP contribution in [0.5, 0.6) is 0 Å². The van der Waals surface area contributed by atoms with E-state index in [0.717, 1.165) is 25.8 Å². The van der Waals surface area contributed by atoms with Gasteiger partial charge in [0, 0.05) is 18.5 Å². The third kappa shape index (κ3) is 1.59. The zero-order chi connectivity index (χ0) is 14.0. The minimum atomic E-state index is -0.166. The molecule has 0 spiro atoms. The van der Waals surface area contributed by atoms with Crippen LogP contribution in [-0.2, 0) is 14.3 Å². The lowest BCUT2D eigenvalue weighted by Gasteiger charge is -2.38. The van der Waals surface area contributed by atoms with Crippen LogP contribution in [0.15, 0.2) is 0 Å². The van der Waals surface area contributed by atoms with Crippen LogP contribution in [0.25, 0.3) is 0 Å². The van der Waals surface area contributed by atoms with Gasteiger partial charge in [-0.05, 0) is 38.5 Å². The Morgan fingerprint density at radius 2 is 2.15 bits per heavy atom. The van der Waals surface area contributed by atoms with E-state index in [0.29, 0.717) is 6.04 Å². The predicted molar refractivity (Wildman–Crippen MR) is 76.2 cm³/mol. The number of hydrogen-bond donors (Lipinski definition) is 0. The third-order valence-electron chi connectivity index (χ3n) is 5.89. The molecule has 4 nitrogen and oxygen atoms in total. The highest BCUT2D eigenvalue weighted by molar-refractivity contribution is 9.09. The van der Waals surface area contributed by atoms with Gasteiger partial charge in [0.1, 0.15) is 6.10 Å². The summed E-state index contributed by atoms with van der Waals surface area (Å²) in [6, 6.07) is 0.317. The lowest BCUT2D eigenvalue weighted by Crippen LogP contribution is -2.50. The van der Waals surface area contributed by atoms with Gasteiger partial charge < -0.3 is 9.64 Å². The van der Waals surface area contributed by atoms with Crippen molar-refractivity contribution < 1.29 is 14.3 Å². The van der Waals surface area contributed by atoms with Crippen LogP contribution in [0.1, 0.15) is 32.6 Å². The summed E-state index contributed by atoms with van der Waals surface area (Å²) in [6.07, 6.45) is 4.36. The van der Waals surface area contributed by atoms with E-state index in [-0.39, 0.29) is 46.5 Å². The molecule has 0 radical (unpaired) electrons. The molecule has 7 atom stereocenters. The molecule has 0 aromatic carbocycles. The number of nitrogens with zero attached hydrogens (tertiary/aromatic N) is 1. The molecular formula is C15H20BrNO3. The topological polar surface area (TPSA) is 46.6 Å². The molecule has 4 aliphatic rings. The fourth-order valence-electron chi connectivity index (χ4n) is 4.93. The van der Waals surface area contributed by atoms with Gasteiger partial charge in [-0.25, -0.2) is 0 Å². The number of rotatable bonds is 1. The van der Waals surface area contributed by atoms with Crippen LogP contribution in [0.2, 0.25) is 0 Å². The molecule has 0 unspecified atom stereocenters. The van der Waals surface area contributed by atoms with Gasteiger partial charge in [-0.2, -0.15) is 0 Å². The molecule has 20 heavy (non-hydrogen) atoms. The lowest BCUT2D eigenvalue weighted by atomic mass is 9.78. The van der Waals surface area contributed by atoms with Crippen molar-refractivity contribution in [3.05, 3.63) is 0 Å². The quantitative estimate of drug-likeness (QED) is 0.541.